The van der Waals surface area contributed by atoms with Gasteiger partial charge in [-0.15, -0.1) is 12.4 Å². The van der Waals surface area contributed by atoms with Crippen LogP contribution in [0, 0.1) is 18.6 Å². The number of cyclic esters (lactones) is 1. The number of aryl methyl sites for hydroxylation is 1. The van der Waals surface area contributed by atoms with Crippen molar-refractivity contribution in [1.82, 2.24) is 5.32 Å². The van der Waals surface area contributed by atoms with Gasteiger partial charge in [0.2, 0.25) is 0 Å². The number of nitrogens with one attached hydrogen (secondary N) is 1. The van der Waals surface area contributed by atoms with Gasteiger partial charge in [-0.2, -0.15) is 0 Å². The van der Waals surface area contributed by atoms with Gasteiger partial charge in [-0.05, 0) is 18.6 Å². The summed E-state index contributed by atoms with van der Waals surface area (Å²) in [7, 11) is 0. The van der Waals surface area contributed by atoms with Crippen molar-refractivity contribution in [2.75, 3.05) is 6.61 Å². The van der Waals surface area contributed by atoms with Gasteiger partial charge in [-0.25, -0.2) is 13.6 Å². The van der Waals surface area contributed by atoms with Crippen LogP contribution in [0.4, 0.5) is 13.6 Å². The van der Waals surface area contributed by atoms with E-state index in [1.807, 2.05) is 0 Å². The van der Waals surface area contributed by atoms with Crippen molar-refractivity contribution in [3.05, 3.63) is 34.9 Å². The lowest BCUT2D eigenvalue weighted by atomic mass is 10.00. The summed E-state index contributed by atoms with van der Waals surface area (Å²) in [5, 5.41) is 2.40. The SMILES string of the molecule is Cc1ccc(F)c([C@H]2CCOC(=O)N2)c1F.Cl. The normalized spacial score (nSPS) is 19.0. The van der Waals surface area contributed by atoms with Crippen molar-refractivity contribution in [3.8, 4) is 0 Å². The summed E-state index contributed by atoms with van der Waals surface area (Å²) < 4.78 is 31.9. The fourth-order valence-corrected chi connectivity index (χ4v) is 1.74. The van der Waals surface area contributed by atoms with Gasteiger partial charge < -0.3 is 10.1 Å². The third-order valence-electron chi connectivity index (χ3n) is 2.60. The molecule has 0 unspecified atom stereocenters. The molecule has 1 aliphatic rings. The van der Waals surface area contributed by atoms with E-state index >= 15 is 0 Å². The van der Waals surface area contributed by atoms with Crippen molar-refractivity contribution >= 4 is 18.5 Å². The van der Waals surface area contributed by atoms with Gasteiger partial charge in [0.25, 0.3) is 0 Å². The summed E-state index contributed by atoms with van der Waals surface area (Å²) in [5.41, 5.74) is 0.272. The number of alkyl carbamates (subject to hydrolysis) is 1. The number of rotatable bonds is 1. The fraction of sp³-hybridized carbons (Fsp3) is 0.364. The molecule has 1 heterocycles. The molecule has 0 spiro atoms. The van der Waals surface area contributed by atoms with Crippen LogP contribution in [0.3, 0.4) is 0 Å². The smallest absolute Gasteiger partial charge is 0.407 e. The summed E-state index contributed by atoms with van der Waals surface area (Å²) in [5.74, 6) is -1.25. The highest BCUT2D eigenvalue weighted by molar-refractivity contribution is 5.85. The van der Waals surface area contributed by atoms with Crippen LogP contribution in [0.25, 0.3) is 0 Å². The van der Waals surface area contributed by atoms with E-state index < -0.39 is 23.8 Å². The molecule has 1 aliphatic heterocycles. The largest absolute Gasteiger partial charge is 0.449 e. The predicted molar refractivity (Wildman–Crippen MR) is 60.2 cm³/mol. The van der Waals surface area contributed by atoms with E-state index in [0.717, 1.165) is 0 Å². The number of benzene rings is 1. The van der Waals surface area contributed by atoms with Crippen LogP contribution in [0.15, 0.2) is 12.1 Å². The molecule has 1 saturated heterocycles. The molecule has 1 atom stereocenters. The number of ether oxygens (including phenoxy) is 1. The van der Waals surface area contributed by atoms with Gasteiger partial charge in [0, 0.05) is 12.0 Å². The lowest BCUT2D eigenvalue weighted by Crippen LogP contribution is -2.36. The van der Waals surface area contributed by atoms with Crippen LogP contribution < -0.4 is 5.32 Å². The molecule has 1 aromatic rings. The number of halogens is 3. The van der Waals surface area contributed by atoms with E-state index in [-0.39, 0.29) is 24.6 Å². The zero-order valence-corrected chi connectivity index (χ0v) is 9.94. The monoisotopic (exact) mass is 263 g/mol. The Kier molecular flexibility index (Phi) is 4.28. The Balaban J connectivity index is 0.00000144. The Bertz CT molecular complexity index is 440. The standard InChI is InChI=1S/C11H11F2NO2.ClH/c1-6-2-3-7(12)9(10(6)13)8-4-5-16-11(15)14-8;/h2-3,8H,4-5H2,1H3,(H,14,15);1H/t8-;/m1./s1. The van der Waals surface area contributed by atoms with E-state index in [0.29, 0.717) is 12.0 Å². The highest BCUT2D eigenvalue weighted by atomic mass is 35.5. The summed E-state index contributed by atoms with van der Waals surface area (Å²) in [4.78, 5) is 11.0. The number of hydrogen-bond acceptors (Lipinski definition) is 2. The minimum absolute atomic E-state index is 0. The van der Waals surface area contributed by atoms with Gasteiger partial charge >= 0.3 is 6.09 Å². The lowest BCUT2D eigenvalue weighted by molar-refractivity contribution is 0.114. The quantitative estimate of drug-likeness (QED) is 0.846. The minimum Gasteiger partial charge on any atom is -0.449 e. The van der Waals surface area contributed by atoms with Crippen molar-refractivity contribution in [3.63, 3.8) is 0 Å². The van der Waals surface area contributed by atoms with E-state index in [2.05, 4.69) is 10.1 Å². The van der Waals surface area contributed by atoms with Crippen molar-refractivity contribution in [2.24, 2.45) is 0 Å². The lowest BCUT2D eigenvalue weighted by Gasteiger charge is -2.24. The summed E-state index contributed by atoms with van der Waals surface area (Å²) in [6.45, 7) is 1.72. The Morgan fingerprint density at radius 3 is 2.76 bits per heavy atom. The van der Waals surface area contributed by atoms with Gasteiger partial charge in [0.05, 0.1) is 12.6 Å². The predicted octanol–water partition coefficient (Wildman–Crippen LogP) is 2.87. The van der Waals surface area contributed by atoms with Crippen molar-refractivity contribution < 1.29 is 18.3 Å². The Labute approximate surface area is 104 Å². The Hall–Kier alpha value is -1.36. The zero-order valence-electron chi connectivity index (χ0n) is 9.13. The van der Waals surface area contributed by atoms with Crippen LogP contribution in [0.2, 0.25) is 0 Å². The van der Waals surface area contributed by atoms with E-state index in [1.165, 1.54) is 12.1 Å². The number of carbonyl (C=O) groups is 1. The second-order valence-corrected chi connectivity index (χ2v) is 3.71. The third kappa shape index (κ3) is 2.66. The van der Waals surface area contributed by atoms with E-state index in [1.54, 1.807) is 6.92 Å². The maximum absolute atomic E-state index is 13.7. The highest BCUT2D eigenvalue weighted by Crippen LogP contribution is 2.27. The molecule has 0 bridgehead atoms. The van der Waals surface area contributed by atoms with Gasteiger partial charge in [-0.3, -0.25) is 0 Å². The van der Waals surface area contributed by atoms with E-state index in [9.17, 15) is 13.6 Å². The molecular weight excluding hydrogens is 252 g/mol. The Morgan fingerprint density at radius 1 is 1.41 bits per heavy atom. The molecule has 1 N–H and O–H groups in total. The molecule has 3 nitrogen and oxygen atoms in total. The zero-order chi connectivity index (χ0) is 11.7. The van der Waals surface area contributed by atoms with E-state index in [4.69, 9.17) is 0 Å². The maximum Gasteiger partial charge on any atom is 0.407 e. The van der Waals surface area contributed by atoms with Gasteiger partial charge in [0.1, 0.15) is 11.6 Å². The average molecular weight is 264 g/mol. The second-order valence-electron chi connectivity index (χ2n) is 3.71. The fourth-order valence-electron chi connectivity index (χ4n) is 1.74. The minimum atomic E-state index is -0.652. The molecule has 0 radical (unpaired) electrons. The molecule has 0 saturated carbocycles. The maximum atomic E-state index is 13.7. The summed E-state index contributed by atoms with van der Waals surface area (Å²) in [6, 6.07) is 1.92. The number of carbonyl (C=O) groups excluding carboxylic acids is 1. The molecule has 94 valence electrons. The number of amides is 1. The van der Waals surface area contributed by atoms with Crippen LogP contribution in [-0.4, -0.2) is 12.7 Å². The van der Waals surface area contributed by atoms with Gasteiger partial charge in [-0.1, -0.05) is 6.07 Å². The summed E-state index contributed by atoms with van der Waals surface area (Å²) >= 11 is 0. The molecule has 1 fully saturated rings. The van der Waals surface area contributed by atoms with Crippen molar-refractivity contribution in [1.29, 1.82) is 0 Å². The molecule has 1 amide bonds. The van der Waals surface area contributed by atoms with Crippen LogP contribution >= 0.6 is 12.4 Å². The van der Waals surface area contributed by atoms with Crippen LogP contribution in [0.5, 0.6) is 0 Å². The molecule has 6 heteroatoms. The summed E-state index contributed by atoms with van der Waals surface area (Å²) in [6.07, 6.45) is -0.278. The molecule has 0 aromatic heterocycles. The first-order chi connectivity index (χ1) is 7.59. The molecule has 2 rings (SSSR count). The molecule has 0 aliphatic carbocycles. The average Bonchev–Trinajstić information content (AvgIpc) is 2.24. The first-order valence-corrected chi connectivity index (χ1v) is 4.97. The van der Waals surface area contributed by atoms with Crippen molar-refractivity contribution in [2.45, 2.75) is 19.4 Å². The topological polar surface area (TPSA) is 38.3 Å². The third-order valence-corrected chi connectivity index (χ3v) is 2.60. The first kappa shape index (κ1) is 13.7. The highest BCUT2D eigenvalue weighted by Gasteiger charge is 2.26. The number of hydrogen-bond donors (Lipinski definition) is 1. The first-order valence-electron chi connectivity index (χ1n) is 4.97. The van der Waals surface area contributed by atoms with Crippen LogP contribution in [-0.2, 0) is 4.74 Å². The molecular formula is C11H12ClF2NO2. The second kappa shape index (κ2) is 5.31. The Morgan fingerprint density at radius 2 is 2.12 bits per heavy atom. The molecule has 1 aromatic carbocycles. The van der Waals surface area contributed by atoms with Gasteiger partial charge in [0.15, 0.2) is 0 Å². The van der Waals surface area contributed by atoms with Crippen LogP contribution in [0.1, 0.15) is 23.6 Å². The molecule has 17 heavy (non-hydrogen) atoms.